The zero-order valence-corrected chi connectivity index (χ0v) is 14.4. The predicted octanol–water partition coefficient (Wildman–Crippen LogP) is 3.69. The number of phenols is 1. The number of hydrogen-bond acceptors (Lipinski definition) is 4. The van der Waals surface area contributed by atoms with Gasteiger partial charge in [-0.2, -0.15) is 0 Å². The van der Waals surface area contributed by atoms with Gasteiger partial charge in [-0.15, -0.1) is 0 Å². The molecule has 0 aliphatic heterocycles. The molecule has 0 aliphatic rings. The fraction of sp³-hybridized carbons (Fsp3) is 0.300. The minimum atomic E-state index is -0.165. The van der Waals surface area contributed by atoms with Crippen molar-refractivity contribution in [2.24, 2.45) is 0 Å². The Bertz CT molecular complexity index is 1030. The lowest BCUT2D eigenvalue weighted by atomic mass is 10.0. The Morgan fingerprint density at radius 3 is 2.60 bits per heavy atom. The number of rotatable bonds is 5. The van der Waals surface area contributed by atoms with Crippen molar-refractivity contribution in [3.63, 3.8) is 0 Å². The van der Waals surface area contributed by atoms with Crippen LogP contribution in [0.1, 0.15) is 32.3 Å². The Kier molecular flexibility index (Phi) is 4.74. The summed E-state index contributed by atoms with van der Waals surface area (Å²) in [6.45, 7) is 4.60. The second kappa shape index (κ2) is 6.97. The number of pyridine rings is 1. The Balaban J connectivity index is 2.24. The van der Waals surface area contributed by atoms with Crippen molar-refractivity contribution in [2.45, 2.75) is 39.7 Å². The van der Waals surface area contributed by atoms with Gasteiger partial charge in [0.05, 0.1) is 5.39 Å². The molecule has 0 fully saturated rings. The molecule has 0 unspecified atom stereocenters. The molecule has 2 aromatic heterocycles. The molecule has 130 valence electrons. The van der Waals surface area contributed by atoms with Gasteiger partial charge in [0.1, 0.15) is 17.1 Å². The zero-order chi connectivity index (χ0) is 18.0. The molecule has 5 heteroatoms. The van der Waals surface area contributed by atoms with Gasteiger partial charge in [-0.3, -0.25) is 9.59 Å². The first-order chi connectivity index (χ1) is 12.0. The second-order valence-corrected chi connectivity index (χ2v) is 6.11. The van der Waals surface area contributed by atoms with Crippen LogP contribution in [0.4, 0.5) is 0 Å². The minimum absolute atomic E-state index is 0.0851. The van der Waals surface area contributed by atoms with E-state index in [-0.39, 0.29) is 16.7 Å². The van der Waals surface area contributed by atoms with Gasteiger partial charge >= 0.3 is 0 Å². The number of aromatic hydroxyl groups is 1. The highest BCUT2D eigenvalue weighted by Gasteiger charge is 2.14. The standard InChI is InChI=1S/C20H21NO4/c1-3-5-14-16(22)8-7-15-17(23)11-18(25-20(14)15)13-6-9-19(24)21(12-13)10-4-2/h6-9,11-12,22H,3-5,10H2,1-2H3. The lowest BCUT2D eigenvalue weighted by Crippen LogP contribution is -2.18. The van der Waals surface area contributed by atoms with Crippen molar-refractivity contribution in [3.05, 3.63) is 62.7 Å². The molecule has 1 aromatic carbocycles. The van der Waals surface area contributed by atoms with Crippen LogP contribution >= 0.6 is 0 Å². The average Bonchev–Trinajstić information content (AvgIpc) is 2.59. The average molecular weight is 339 g/mol. The smallest absolute Gasteiger partial charge is 0.250 e. The molecule has 0 aliphatic carbocycles. The van der Waals surface area contributed by atoms with Crippen LogP contribution in [-0.2, 0) is 13.0 Å². The fourth-order valence-electron chi connectivity index (χ4n) is 2.99. The SMILES string of the molecule is CCCc1c(O)ccc2c(=O)cc(-c3ccc(=O)n(CCC)c3)oc12. The van der Waals surface area contributed by atoms with Crippen LogP contribution in [0.5, 0.6) is 5.75 Å². The van der Waals surface area contributed by atoms with Gasteiger partial charge in [0.2, 0.25) is 0 Å². The summed E-state index contributed by atoms with van der Waals surface area (Å²) in [7, 11) is 0. The molecule has 0 saturated carbocycles. The molecule has 3 aromatic rings. The van der Waals surface area contributed by atoms with Crippen molar-refractivity contribution in [3.8, 4) is 17.1 Å². The quantitative estimate of drug-likeness (QED) is 0.769. The molecular weight excluding hydrogens is 318 g/mol. The van der Waals surface area contributed by atoms with E-state index in [0.29, 0.717) is 40.8 Å². The first-order valence-corrected chi connectivity index (χ1v) is 8.54. The van der Waals surface area contributed by atoms with Crippen LogP contribution in [0.15, 0.2) is 50.5 Å². The number of hydrogen-bond donors (Lipinski definition) is 1. The van der Waals surface area contributed by atoms with E-state index in [1.165, 1.54) is 18.2 Å². The highest BCUT2D eigenvalue weighted by Crippen LogP contribution is 2.30. The van der Waals surface area contributed by atoms with Crippen LogP contribution in [0.2, 0.25) is 0 Å². The van der Waals surface area contributed by atoms with E-state index in [9.17, 15) is 14.7 Å². The Morgan fingerprint density at radius 2 is 1.88 bits per heavy atom. The maximum Gasteiger partial charge on any atom is 0.250 e. The van der Waals surface area contributed by atoms with E-state index in [1.807, 2.05) is 13.8 Å². The van der Waals surface area contributed by atoms with Crippen molar-refractivity contribution in [1.29, 1.82) is 0 Å². The summed E-state index contributed by atoms with van der Waals surface area (Å²) in [6, 6.07) is 7.68. The third-order valence-electron chi connectivity index (χ3n) is 4.21. The topological polar surface area (TPSA) is 72.4 Å². The van der Waals surface area contributed by atoms with Gasteiger partial charge in [0.15, 0.2) is 5.43 Å². The van der Waals surface area contributed by atoms with Crippen molar-refractivity contribution in [1.82, 2.24) is 4.57 Å². The fourth-order valence-corrected chi connectivity index (χ4v) is 2.99. The first kappa shape index (κ1) is 17.0. The summed E-state index contributed by atoms with van der Waals surface area (Å²) in [5.41, 5.74) is 1.47. The summed E-state index contributed by atoms with van der Waals surface area (Å²) in [5, 5.41) is 10.6. The molecule has 0 bridgehead atoms. The lowest BCUT2D eigenvalue weighted by Gasteiger charge is -2.10. The molecule has 0 radical (unpaired) electrons. The Morgan fingerprint density at radius 1 is 1.08 bits per heavy atom. The third-order valence-corrected chi connectivity index (χ3v) is 4.21. The molecule has 3 rings (SSSR count). The van der Waals surface area contributed by atoms with Gasteiger partial charge < -0.3 is 14.1 Å². The molecule has 1 N–H and O–H groups in total. The highest BCUT2D eigenvalue weighted by atomic mass is 16.3. The van der Waals surface area contributed by atoms with Gasteiger partial charge in [-0.1, -0.05) is 20.3 Å². The number of aryl methyl sites for hydroxylation is 2. The summed E-state index contributed by atoms with van der Waals surface area (Å²) < 4.78 is 7.60. The van der Waals surface area contributed by atoms with Crippen molar-refractivity contribution < 1.29 is 9.52 Å². The Labute approximate surface area is 145 Å². The van der Waals surface area contributed by atoms with Gasteiger partial charge in [0, 0.05) is 36.0 Å². The van der Waals surface area contributed by atoms with Crippen LogP contribution in [0, 0.1) is 0 Å². The number of phenolic OH excluding ortho intramolecular Hbond substituents is 1. The summed E-state index contributed by atoms with van der Waals surface area (Å²) >= 11 is 0. The van der Waals surface area contributed by atoms with E-state index in [2.05, 4.69) is 0 Å². The largest absolute Gasteiger partial charge is 0.508 e. The van der Waals surface area contributed by atoms with Crippen LogP contribution in [0.3, 0.4) is 0 Å². The summed E-state index contributed by atoms with van der Waals surface area (Å²) in [4.78, 5) is 24.4. The Hall–Kier alpha value is -2.82. The molecule has 25 heavy (non-hydrogen) atoms. The predicted molar refractivity (Wildman–Crippen MR) is 98.1 cm³/mol. The number of nitrogens with zero attached hydrogens (tertiary/aromatic N) is 1. The van der Waals surface area contributed by atoms with E-state index < -0.39 is 0 Å². The first-order valence-electron chi connectivity index (χ1n) is 8.54. The normalized spacial score (nSPS) is 11.1. The van der Waals surface area contributed by atoms with E-state index in [4.69, 9.17) is 4.42 Å². The van der Waals surface area contributed by atoms with E-state index >= 15 is 0 Å². The minimum Gasteiger partial charge on any atom is -0.508 e. The van der Waals surface area contributed by atoms with Gasteiger partial charge in [-0.25, -0.2) is 0 Å². The van der Waals surface area contributed by atoms with E-state index in [1.54, 1.807) is 22.9 Å². The molecule has 0 atom stereocenters. The van der Waals surface area contributed by atoms with Crippen molar-refractivity contribution in [2.75, 3.05) is 0 Å². The maximum absolute atomic E-state index is 12.5. The lowest BCUT2D eigenvalue weighted by molar-refractivity contribution is 0.466. The second-order valence-electron chi connectivity index (χ2n) is 6.11. The molecular formula is C20H21NO4. The number of fused-ring (bicyclic) bond motifs is 1. The number of aromatic nitrogens is 1. The number of benzene rings is 1. The summed E-state index contributed by atoms with van der Waals surface area (Å²) in [6.07, 6.45) is 3.98. The van der Waals surface area contributed by atoms with E-state index in [0.717, 1.165) is 12.8 Å². The van der Waals surface area contributed by atoms with Crippen LogP contribution in [-0.4, -0.2) is 9.67 Å². The van der Waals surface area contributed by atoms with Crippen molar-refractivity contribution >= 4 is 11.0 Å². The van der Waals surface area contributed by atoms with Crippen LogP contribution < -0.4 is 11.0 Å². The summed E-state index contributed by atoms with van der Waals surface area (Å²) in [5.74, 6) is 0.524. The molecule has 5 nitrogen and oxygen atoms in total. The molecule has 2 heterocycles. The van der Waals surface area contributed by atoms with Crippen LogP contribution in [0.25, 0.3) is 22.3 Å². The molecule has 0 amide bonds. The highest BCUT2D eigenvalue weighted by molar-refractivity contribution is 5.83. The molecule has 0 saturated heterocycles. The van der Waals surface area contributed by atoms with Gasteiger partial charge in [0.25, 0.3) is 5.56 Å². The zero-order valence-electron chi connectivity index (χ0n) is 14.4. The van der Waals surface area contributed by atoms with Gasteiger partial charge in [-0.05, 0) is 31.0 Å². The maximum atomic E-state index is 12.5. The monoisotopic (exact) mass is 339 g/mol. The molecule has 0 spiro atoms. The third kappa shape index (κ3) is 3.22.